The maximum Gasteiger partial charge on any atom is 0.416 e. The molecule has 0 bridgehead atoms. The number of nitrogens with zero attached hydrogens (tertiary/aromatic N) is 2. The van der Waals surface area contributed by atoms with E-state index in [9.17, 15) is 22.8 Å². The number of rotatable bonds is 6. The van der Waals surface area contributed by atoms with Crippen molar-refractivity contribution < 1.29 is 22.3 Å². The molecule has 2 aromatic carbocycles. The van der Waals surface area contributed by atoms with Crippen molar-refractivity contribution in [1.29, 1.82) is 5.26 Å². The second kappa shape index (κ2) is 8.82. The SMILES string of the molecule is Cc1cc(C(F)(F)F)ccc1CCOc1cc(C#N)nc(Nc2ccc3c(F)c[nH]c3c2)c1. The van der Waals surface area contributed by atoms with E-state index in [1.807, 2.05) is 6.07 Å². The molecule has 5 nitrogen and oxygen atoms in total. The summed E-state index contributed by atoms with van der Waals surface area (Å²) in [7, 11) is 0. The predicted octanol–water partition coefficient (Wildman–Crippen LogP) is 6.27. The van der Waals surface area contributed by atoms with Crippen LogP contribution in [0.5, 0.6) is 5.75 Å². The van der Waals surface area contributed by atoms with Gasteiger partial charge in [-0.3, -0.25) is 0 Å². The van der Waals surface area contributed by atoms with Gasteiger partial charge in [-0.05, 0) is 48.4 Å². The lowest BCUT2D eigenvalue weighted by molar-refractivity contribution is -0.137. The molecule has 0 aliphatic carbocycles. The number of halogens is 4. The smallest absolute Gasteiger partial charge is 0.416 e. The van der Waals surface area contributed by atoms with Crippen molar-refractivity contribution in [3.05, 3.63) is 82.9 Å². The van der Waals surface area contributed by atoms with E-state index in [1.54, 1.807) is 31.2 Å². The number of hydrogen-bond donors (Lipinski definition) is 2. The highest BCUT2D eigenvalue weighted by molar-refractivity contribution is 5.84. The van der Waals surface area contributed by atoms with Gasteiger partial charge in [-0.1, -0.05) is 6.07 Å². The van der Waals surface area contributed by atoms with Crippen LogP contribution in [0.4, 0.5) is 29.1 Å². The fourth-order valence-electron chi connectivity index (χ4n) is 3.46. The topological polar surface area (TPSA) is 73.7 Å². The Morgan fingerprint density at radius 3 is 2.67 bits per heavy atom. The maximum absolute atomic E-state index is 13.6. The lowest BCUT2D eigenvalue weighted by atomic mass is 10.0. The summed E-state index contributed by atoms with van der Waals surface area (Å²) in [6.45, 7) is 1.83. The zero-order valence-electron chi connectivity index (χ0n) is 17.4. The van der Waals surface area contributed by atoms with E-state index in [4.69, 9.17) is 4.74 Å². The summed E-state index contributed by atoms with van der Waals surface area (Å²) in [5.74, 6) is 0.405. The molecule has 0 fully saturated rings. The number of pyridine rings is 1. The molecular weight excluding hydrogens is 436 g/mol. The Morgan fingerprint density at radius 2 is 1.94 bits per heavy atom. The van der Waals surface area contributed by atoms with Crippen LogP contribution in [0.2, 0.25) is 0 Å². The van der Waals surface area contributed by atoms with Crippen LogP contribution >= 0.6 is 0 Å². The Bertz CT molecular complexity index is 1360. The van der Waals surface area contributed by atoms with Gasteiger partial charge in [0.05, 0.1) is 17.7 Å². The minimum Gasteiger partial charge on any atom is -0.493 e. The number of fused-ring (bicyclic) bond motifs is 1. The van der Waals surface area contributed by atoms with E-state index < -0.39 is 11.7 Å². The second-order valence-electron chi connectivity index (χ2n) is 7.44. The first-order valence-electron chi connectivity index (χ1n) is 9.98. The summed E-state index contributed by atoms with van der Waals surface area (Å²) in [4.78, 5) is 7.04. The average Bonchev–Trinajstić information content (AvgIpc) is 3.14. The molecule has 0 aliphatic rings. The zero-order valence-corrected chi connectivity index (χ0v) is 17.4. The van der Waals surface area contributed by atoms with Gasteiger partial charge in [0.25, 0.3) is 0 Å². The van der Waals surface area contributed by atoms with E-state index in [2.05, 4.69) is 15.3 Å². The third-order valence-electron chi connectivity index (χ3n) is 5.13. The number of hydrogen-bond acceptors (Lipinski definition) is 4. The monoisotopic (exact) mass is 454 g/mol. The summed E-state index contributed by atoms with van der Waals surface area (Å²) >= 11 is 0. The van der Waals surface area contributed by atoms with Crippen molar-refractivity contribution in [3.63, 3.8) is 0 Å². The van der Waals surface area contributed by atoms with Gasteiger partial charge in [-0.25, -0.2) is 9.37 Å². The van der Waals surface area contributed by atoms with Crippen molar-refractivity contribution in [3.8, 4) is 11.8 Å². The lowest BCUT2D eigenvalue weighted by Gasteiger charge is -2.13. The second-order valence-corrected chi connectivity index (χ2v) is 7.44. The van der Waals surface area contributed by atoms with Gasteiger partial charge in [0.15, 0.2) is 0 Å². The zero-order chi connectivity index (χ0) is 23.6. The van der Waals surface area contributed by atoms with E-state index in [-0.39, 0.29) is 18.1 Å². The third-order valence-corrected chi connectivity index (χ3v) is 5.13. The molecule has 0 amide bonds. The van der Waals surface area contributed by atoms with Crippen molar-refractivity contribution in [2.75, 3.05) is 11.9 Å². The molecule has 2 heterocycles. The summed E-state index contributed by atoms with van der Waals surface area (Å²) in [5.41, 5.74) is 1.96. The number of anilines is 2. The predicted molar refractivity (Wildman–Crippen MR) is 116 cm³/mol. The van der Waals surface area contributed by atoms with Gasteiger partial charge in [0.2, 0.25) is 0 Å². The fourth-order valence-corrected chi connectivity index (χ4v) is 3.46. The molecule has 0 saturated carbocycles. The number of benzene rings is 2. The number of aryl methyl sites for hydroxylation is 1. The van der Waals surface area contributed by atoms with Gasteiger partial charge in [0, 0.05) is 35.8 Å². The molecule has 0 aliphatic heterocycles. The number of alkyl halides is 3. The highest BCUT2D eigenvalue weighted by Gasteiger charge is 2.30. The molecule has 33 heavy (non-hydrogen) atoms. The molecule has 9 heteroatoms. The highest BCUT2D eigenvalue weighted by atomic mass is 19.4. The normalized spacial score (nSPS) is 11.4. The molecule has 0 radical (unpaired) electrons. The van der Waals surface area contributed by atoms with Crippen molar-refractivity contribution >= 4 is 22.4 Å². The van der Waals surface area contributed by atoms with Crippen LogP contribution < -0.4 is 10.1 Å². The van der Waals surface area contributed by atoms with Crippen LogP contribution in [0, 0.1) is 24.1 Å². The Hall–Kier alpha value is -4.06. The lowest BCUT2D eigenvalue weighted by Crippen LogP contribution is -2.08. The number of nitriles is 1. The van der Waals surface area contributed by atoms with Gasteiger partial charge in [-0.2, -0.15) is 18.4 Å². The van der Waals surface area contributed by atoms with Gasteiger partial charge in [-0.15, -0.1) is 0 Å². The molecule has 2 N–H and O–H groups in total. The van der Waals surface area contributed by atoms with Gasteiger partial charge in [0.1, 0.15) is 29.1 Å². The van der Waals surface area contributed by atoms with Crippen LogP contribution in [0.1, 0.15) is 22.4 Å². The van der Waals surface area contributed by atoms with Crippen molar-refractivity contribution in [1.82, 2.24) is 9.97 Å². The molecule has 0 atom stereocenters. The first-order chi connectivity index (χ1) is 15.7. The van der Waals surface area contributed by atoms with Crippen LogP contribution in [0.25, 0.3) is 10.9 Å². The van der Waals surface area contributed by atoms with E-state index in [1.165, 1.54) is 18.3 Å². The van der Waals surface area contributed by atoms with Crippen LogP contribution in [-0.4, -0.2) is 16.6 Å². The number of aromatic nitrogens is 2. The number of ether oxygens (including phenoxy) is 1. The molecule has 0 unspecified atom stereocenters. The molecule has 0 spiro atoms. The van der Waals surface area contributed by atoms with Crippen LogP contribution in [0.15, 0.2) is 54.7 Å². The van der Waals surface area contributed by atoms with E-state index in [0.717, 1.165) is 17.7 Å². The van der Waals surface area contributed by atoms with Gasteiger partial charge >= 0.3 is 6.18 Å². The summed E-state index contributed by atoms with van der Waals surface area (Å²) < 4.78 is 57.9. The standard InChI is InChI=1S/C24H18F4N4O/c1-14-8-16(24(26,27)28)3-2-15(14)6-7-33-19-9-18(12-29)32-23(11-19)31-17-4-5-20-21(25)13-30-22(20)10-17/h2-5,8-11,13,30H,6-7H2,1H3,(H,31,32). The van der Waals surface area contributed by atoms with Crippen LogP contribution in [-0.2, 0) is 12.6 Å². The molecule has 0 saturated heterocycles. The first kappa shape index (κ1) is 22.1. The van der Waals surface area contributed by atoms with E-state index >= 15 is 0 Å². The summed E-state index contributed by atoms with van der Waals surface area (Å²) in [6.07, 6.45) is -2.72. The largest absolute Gasteiger partial charge is 0.493 e. The number of aromatic amines is 1. The number of nitrogens with one attached hydrogen (secondary N) is 2. The molecule has 168 valence electrons. The minimum absolute atomic E-state index is 0.132. The van der Waals surface area contributed by atoms with Crippen LogP contribution in [0.3, 0.4) is 0 Å². The van der Waals surface area contributed by atoms with E-state index in [0.29, 0.717) is 40.1 Å². The van der Waals surface area contributed by atoms with Gasteiger partial charge < -0.3 is 15.0 Å². The Labute approximate surface area is 186 Å². The summed E-state index contributed by atoms with van der Waals surface area (Å²) in [6, 6.07) is 13.7. The molecular formula is C24H18F4N4O. The maximum atomic E-state index is 13.6. The molecule has 4 rings (SSSR count). The Balaban J connectivity index is 1.46. The first-order valence-corrected chi connectivity index (χ1v) is 9.98. The Morgan fingerprint density at radius 1 is 1.12 bits per heavy atom. The van der Waals surface area contributed by atoms with Crippen molar-refractivity contribution in [2.24, 2.45) is 0 Å². The minimum atomic E-state index is -4.38. The Kier molecular flexibility index (Phi) is 5.92. The number of H-pyrrole nitrogens is 1. The molecule has 2 aromatic heterocycles. The van der Waals surface area contributed by atoms with Crippen molar-refractivity contribution in [2.45, 2.75) is 19.5 Å². The fraction of sp³-hybridized carbons (Fsp3) is 0.167. The average molecular weight is 454 g/mol. The molecule has 4 aromatic rings. The third kappa shape index (κ3) is 5.06. The summed E-state index contributed by atoms with van der Waals surface area (Å²) in [5, 5.41) is 12.8. The quantitative estimate of drug-likeness (QED) is 0.337. The highest BCUT2D eigenvalue weighted by Crippen LogP contribution is 2.30.